The second kappa shape index (κ2) is 8.41. The summed E-state index contributed by atoms with van der Waals surface area (Å²) < 4.78 is 16.3. The van der Waals surface area contributed by atoms with Gasteiger partial charge in [0.15, 0.2) is 11.5 Å². The van der Waals surface area contributed by atoms with Gasteiger partial charge in [0.25, 0.3) is 0 Å². The fourth-order valence-corrected chi connectivity index (χ4v) is 2.19. The molecule has 128 valence electrons. The Morgan fingerprint density at radius 1 is 1.12 bits per heavy atom. The predicted molar refractivity (Wildman–Crippen MR) is 91.7 cm³/mol. The summed E-state index contributed by atoms with van der Waals surface area (Å²) in [5.41, 5.74) is 1.94. The summed E-state index contributed by atoms with van der Waals surface area (Å²) in [6, 6.07) is 12.2. The molecule has 25 heavy (non-hydrogen) atoms. The number of rotatable bonds is 7. The highest BCUT2D eigenvalue weighted by Crippen LogP contribution is 2.30. The number of carboxylic acid groups (broad SMARTS) is 1. The van der Waals surface area contributed by atoms with Gasteiger partial charge in [-0.1, -0.05) is 6.07 Å². The molecule has 2 rings (SSSR count). The summed E-state index contributed by atoms with van der Waals surface area (Å²) in [6.45, 7) is 0.195. The molecule has 0 saturated carbocycles. The van der Waals surface area contributed by atoms with Gasteiger partial charge in [0.2, 0.25) is 0 Å². The van der Waals surface area contributed by atoms with E-state index in [1.54, 1.807) is 43.5 Å². The minimum absolute atomic E-state index is 0.195. The molecule has 0 spiro atoms. The third kappa shape index (κ3) is 4.75. The first-order valence-electron chi connectivity index (χ1n) is 7.36. The van der Waals surface area contributed by atoms with E-state index in [1.165, 1.54) is 13.2 Å². The van der Waals surface area contributed by atoms with Gasteiger partial charge in [0.05, 0.1) is 25.9 Å². The van der Waals surface area contributed by atoms with E-state index in [9.17, 15) is 4.79 Å². The summed E-state index contributed by atoms with van der Waals surface area (Å²) in [4.78, 5) is 10.6. The van der Waals surface area contributed by atoms with Crippen molar-refractivity contribution in [1.82, 2.24) is 0 Å². The number of nitriles is 1. The summed E-state index contributed by atoms with van der Waals surface area (Å²) >= 11 is 0. The van der Waals surface area contributed by atoms with Crippen LogP contribution < -0.4 is 14.2 Å². The molecule has 0 atom stereocenters. The molecule has 0 radical (unpaired) electrons. The van der Waals surface area contributed by atoms with E-state index in [2.05, 4.69) is 0 Å². The van der Waals surface area contributed by atoms with Crippen LogP contribution in [0.15, 0.2) is 42.5 Å². The van der Waals surface area contributed by atoms with Crippen LogP contribution in [0.1, 0.15) is 16.7 Å². The number of carbonyl (C=O) groups is 1. The molecule has 0 amide bonds. The van der Waals surface area contributed by atoms with E-state index in [0.29, 0.717) is 28.4 Å². The van der Waals surface area contributed by atoms with Gasteiger partial charge in [-0.2, -0.15) is 5.26 Å². The average Bonchev–Trinajstić information content (AvgIpc) is 2.64. The van der Waals surface area contributed by atoms with Crippen molar-refractivity contribution in [2.45, 2.75) is 6.61 Å². The van der Waals surface area contributed by atoms with Crippen LogP contribution in [-0.2, 0) is 11.4 Å². The van der Waals surface area contributed by atoms with Crippen molar-refractivity contribution in [3.05, 3.63) is 59.2 Å². The topological polar surface area (TPSA) is 88.8 Å². The molecule has 1 N–H and O–H groups in total. The van der Waals surface area contributed by atoms with Gasteiger partial charge in [-0.05, 0) is 35.9 Å². The molecule has 0 aliphatic carbocycles. The Morgan fingerprint density at radius 2 is 1.84 bits per heavy atom. The number of carboxylic acids is 1. The Morgan fingerprint density at radius 3 is 2.48 bits per heavy atom. The minimum atomic E-state index is -1.02. The monoisotopic (exact) mass is 339 g/mol. The molecule has 2 aromatic carbocycles. The van der Waals surface area contributed by atoms with Crippen molar-refractivity contribution in [3.63, 3.8) is 0 Å². The predicted octanol–water partition coefficient (Wildman–Crippen LogP) is 3.25. The molecule has 0 saturated heterocycles. The molecule has 6 nitrogen and oxygen atoms in total. The molecule has 0 aliphatic heterocycles. The van der Waals surface area contributed by atoms with E-state index in [0.717, 1.165) is 11.6 Å². The zero-order chi connectivity index (χ0) is 18.2. The third-order valence-electron chi connectivity index (χ3n) is 3.40. The van der Waals surface area contributed by atoms with Crippen molar-refractivity contribution in [3.8, 4) is 23.3 Å². The van der Waals surface area contributed by atoms with Gasteiger partial charge in [-0.15, -0.1) is 0 Å². The van der Waals surface area contributed by atoms with E-state index in [-0.39, 0.29) is 6.61 Å². The normalized spacial score (nSPS) is 10.3. The molecule has 0 heterocycles. The standard InChI is InChI=1S/C19H17NO5/c1-23-16-6-3-13(5-8-19(21)22)9-15(16)12-25-17-7-4-14(11-20)10-18(17)24-2/h3-10H,12H2,1-2H3,(H,21,22). The molecular formula is C19H17NO5. The van der Waals surface area contributed by atoms with Gasteiger partial charge in [-0.25, -0.2) is 4.79 Å². The van der Waals surface area contributed by atoms with Gasteiger partial charge in [0, 0.05) is 17.7 Å². The second-order valence-electron chi connectivity index (χ2n) is 5.01. The second-order valence-corrected chi connectivity index (χ2v) is 5.01. The van der Waals surface area contributed by atoms with Crippen LogP contribution in [0.3, 0.4) is 0 Å². The third-order valence-corrected chi connectivity index (χ3v) is 3.40. The number of nitrogens with zero attached hydrogens (tertiary/aromatic N) is 1. The fraction of sp³-hybridized carbons (Fsp3) is 0.158. The van der Waals surface area contributed by atoms with E-state index in [4.69, 9.17) is 24.6 Å². The zero-order valence-corrected chi connectivity index (χ0v) is 13.9. The lowest BCUT2D eigenvalue weighted by Gasteiger charge is -2.13. The maximum Gasteiger partial charge on any atom is 0.328 e. The van der Waals surface area contributed by atoms with Crippen LogP contribution in [0, 0.1) is 11.3 Å². The van der Waals surface area contributed by atoms with Crippen LogP contribution in [-0.4, -0.2) is 25.3 Å². The summed E-state index contributed by atoms with van der Waals surface area (Å²) in [5, 5.41) is 17.7. The maximum absolute atomic E-state index is 10.6. The SMILES string of the molecule is COc1ccc(C=CC(=O)O)cc1COc1ccc(C#N)cc1OC. The maximum atomic E-state index is 10.6. The lowest BCUT2D eigenvalue weighted by molar-refractivity contribution is -0.131. The van der Waals surface area contributed by atoms with Gasteiger partial charge >= 0.3 is 5.97 Å². The molecule has 0 bridgehead atoms. The van der Waals surface area contributed by atoms with Crippen LogP contribution in [0.4, 0.5) is 0 Å². The van der Waals surface area contributed by atoms with Crippen molar-refractivity contribution >= 4 is 12.0 Å². The summed E-state index contributed by atoms with van der Waals surface area (Å²) in [7, 11) is 3.05. The van der Waals surface area contributed by atoms with Gasteiger partial charge in [0.1, 0.15) is 12.4 Å². The first-order chi connectivity index (χ1) is 12.1. The van der Waals surface area contributed by atoms with E-state index in [1.807, 2.05) is 6.07 Å². The van der Waals surface area contributed by atoms with Crippen molar-refractivity contribution < 1.29 is 24.1 Å². The molecule has 0 fully saturated rings. The Balaban J connectivity index is 2.23. The van der Waals surface area contributed by atoms with Crippen molar-refractivity contribution in [1.29, 1.82) is 5.26 Å². The number of aliphatic carboxylic acids is 1. The minimum Gasteiger partial charge on any atom is -0.496 e. The number of methoxy groups -OCH3 is 2. The van der Waals surface area contributed by atoms with Crippen LogP contribution >= 0.6 is 0 Å². The van der Waals surface area contributed by atoms with Crippen molar-refractivity contribution in [2.24, 2.45) is 0 Å². The van der Waals surface area contributed by atoms with Crippen LogP contribution in [0.2, 0.25) is 0 Å². The Hall–Kier alpha value is -3.46. The Labute approximate surface area is 145 Å². The summed E-state index contributed by atoms with van der Waals surface area (Å²) in [5.74, 6) is 0.561. The lowest BCUT2D eigenvalue weighted by Crippen LogP contribution is -2.01. The molecular weight excluding hydrogens is 322 g/mol. The first-order valence-corrected chi connectivity index (χ1v) is 7.36. The van der Waals surface area contributed by atoms with Crippen LogP contribution in [0.5, 0.6) is 17.2 Å². The molecule has 6 heteroatoms. The highest BCUT2D eigenvalue weighted by Gasteiger charge is 2.09. The van der Waals surface area contributed by atoms with E-state index >= 15 is 0 Å². The summed E-state index contributed by atoms with van der Waals surface area (Å²) in [6.07, 6.45) is 2.56. The number of hydrogen-bond acceptors (Lipinski definition) is 5. The highest BCUT2D eigenvalue weighted by atomic mass is 16.5. The smallest absolute Gasteiger partial charge is 0.328 e. The van der Waals surface area contributed by atoms with E-state index < -0.39 is 5.97 Å². The highest BCUT2D eigenvalue weighted by molar-refractivity contribution is 5.85. The Kier molecular flexibility index (Phi) is 6.02. The number of ether oxygens (including phenoxy) is 3. The first kappa shape index (κ1) is 17.9. The Bertz CT molecular complexity index is 836. The van der Waals surface area contributed by atoms with Gasteiger partial charge in [-0.3, -0.25) is 0 Å². The largest absolute Gasteiger partial charge is 0.496 e. The molecule has 0 aromatic heterocycles. The lowest BCUT2D eigenvalue weighted by atomic mass is 10.1. The zero-order valence-electron chi connectivity index (χ0n) is 13.9. The van der Waals surface area contributed by atoms with Crippen LogP contribution in [0.25, 0.3) is 6.08 Å². The molecule has 0 unspecified atom stereocenters. The molecule has 0 aliphatic rings. The average molecular weight is 339 g/mol. The molecule has 2 aromatic rings. The van der Waals surface area contributed by atoms with Gasteiger partial charge < -0.3 is 19.3 Å². The quantitative estimate of drug-likeness (QED) is 0.779. The number of hydrogen-bond donors (Lipinski definition) is 1. The van der Waals surface area contributed by atoms with Crippen molar-refractivity contribution in [2.75, 3.05) is 14.2 Å². The fourth-order valence-electron chi connectivity index (χ4n) is 2.19. The number of benzene rings is 2.